The molecule has 21 heavy (non-hydrogen) atoms. The fraction of sp³-hybridized carbons (Fsp3) is 0.571. The second-order valence-electron chi connectivity index (χ2n) is 5.53. The van der Waals surface area contributed by atoms with E-state index in [1.165, 1.54) is 16.6 Å². The van der Waals surface area contributed by atoms with Crippen LogP contribution < -0.4 is 5.32 Å². The Hall–Kier alpha value is -1.18. The van der Waals surface area contributed by atoms with Gasteiger partial charge in [-0.15, -0.1) is 0 Å². The number of nitrogens with one attached hydrogen (secondary N) is 1. The molecule has 0 amide bonds. The Labute approximate surface area is 124 Å². The molecule has 2 rings (SSSR count). The van der Waals surface area contributed by atoms with Crippen LogP contribution in [0.15, 0.2) is 18.2 Å². The van der Waals surface area contributed by atoms with Gasteiger partial charge in [-0.2, -0.15) is 0 Å². The molecule has 1 atom stereocenters. The molecule has 0 saturated carbocycles. The molecule has 5 nitrogen and oxygen atoms in total. The summed E-state index contributed by atoms with van der Waals surface area (Å²) < 4.78 is 38.1. The van der Waals surface area contributed by atoms with Crippen LogP contribution in [-0.2, 0) is 10.0 Å². The molecule has 0 bridgehead atoms. The van der Waals surface area contributed by atoms with Crippen LogP contribution in [0.1, 0.15) is 31.4 Å². The summed E-state index contributed by atoms with van der Waals surface area (Å²) >= 11 is 0. The number of benzene rings is 1. The lowest BCUT2D eigenvalue weighted by Crippen LogP contribution is -2.45. The Morgan fingerprint density at radius 1 is 1.38 bits per heavy atom. The average Bonchev–Trinajstić information content (AvgIpc) is 2.38. The van der Waals surface area contributed by atoms with Crippen molar-refractivity contribution in [3.63, 3.8) is 0 Å². The fourth-order valence-corrected chi connectivity index (χ4v) is 3.54. The van der Waals surface area contributed by atoms with E-state index >= 15 is 0 Å². The third-order valence-corrected chi connectivity index (χ3v) is 5.16. The molecule has 0 radical (unpaired) electrons. The minimum absolute atomic E-state index is 0.0927. The Kier molecular flexibility index (Phi) is 4.85. The Bertz CT molecular complexity index is 598. The first-order valence-corrected chi connectivity index (χ1v) is 8.82. The average molecular weight is 316 g/mol. The van der Waals surface area contributed by atoms with E-state index in [0.717, 1.165) is 6.07 Å². The van der Waals surface area contributed by atoms with Gasteiger partial charge in [-0.1, -0.05) is 6.07 Å². The van der Waals surface area contributed by atoms with Crippen LogP contribution in [0.2, 0.25) is 0 Å². The lowest BCUT2D eigenvalue weighted by Gasteiger charge is -2.32. The van der Waals surface area contributed by atoms with Gasteiger partial charge in [0.2, 0.25) is 10.0 Å². The molecule has 1 aromatic carbocycles. The monoisotopic (exact) mass is 316 g/mol. The van der Waals surface area contributed by atoms with E-state index in [-0.39, 0.29) is 17.8 Å². The van der Waals surface area contributed by atoms with Crippen LogP contribution in [0, 0.1) is 5.82 Å². The maximum absolute atomic E-state index is 13.8. The van der Waals surface area contributed by atoms with Crippen LogP contribution in [0.5, 0.6) is 5.75 Å². The maximum Gasteiger partial charge on any atom is 0.211 e. The summed E-state index contributed by atoms with van der Waals surface area (Å²) in [5.74, 6) is -0.534. The summed E-state index contributed by atoms with van der Waals surface area (Å²) in [4.78, 5) is 0. The number of piperidine rings is 1. The van der Waals surface area contributed by atoms with Gasteiger partial charge in [0.25, 0.3) is 0 Å². The van der Waals surface area contributed by atoms with Gasteiger partial charge in [0.1, 0.15) is 11.6 Å². The lowest BCUT2D eigenvalue weighted by molar-refractivity contribution is 0.277. The molecule has 2 N–H and O–H groups in total. The zero-order valence-corrected chi connectivity index (χ0v) is 13.0. The first-order chi connectivity index (χ1) is 9.77. The molecule has 0 aliphatic carbocycles. The van der Waals surface area contributed by atoms with Crippen molar-refractivity contribution in [2.24, 2.45) is 0 Å². The number of halogens is 1. The lowest BCUT2D eigenvalue weighted by atomic mass is 10.0. The predicted molar refractivity (Wildman–Crippen MR) is 79.1 cm³/mol. The highest BCUT2D eigenvalue weighted by Gasteiger charge is 2.26. The quantitative estimate of drug-likeness (QED) is 0.885. The molecule has 118 valence electrons. The van der Waals surface area contributed by atoms with Gasteiger partial charge in [0.15, 0.2) is 0 Å². The van der Waals surface area contributed by atoms with Gasteiger partial charge in [-0.05, 0) is 25.8 Å². The van der Waals surface area contributed by atoms with Crippen molar-refractivity contribution in [1.82, 2.24) is 9.62 Å². The SMILES string of the molecule is CC(NC1CCN(S(C)(=O)=O)CC1)c1ccc(O)cc1F. The van der Waals surface area contributed by atoms with Crippen molar-refractivity contribution in [2.45, 2.75) is 31.8 Å². The summed E-state index contributed by atoms with van der Waals surface area (Å²) in [6.07, 6.45) is 2.63. The predicted octanol–water partition coefficient (Wildman–Crippen LogP) is 1.61. The maximum atomic E-state index is 13.8. The molecule has 1 saturated heterocycles. The van der Waals surface area contributed by atoms with Crippen LogP contribution in [0.3, 0.4) is 0 Å². The molecule has 1 aliphatic heterocycles. The first kappa shape index (κ1) is 16.2. The summed E-state index contributed by atoms with van der Waals surface area (Å²) in [7, 11) is -3.12. The summed E-state index contributed by atoms with van der Waals surface area (Å²) in [5, 5.41) is 12.5. The summed E-state index contributed by atoms with van der Waals surface area (Å²) in [6.45, 7) is 2.83. The first-order valence-electron chi connectivity index (χ1n) is 6.97. The van der Waals surface area contributed by atoms with Gasteiger partial charge in [0.05, 0.1) is 6.26 Å². The number of hydrogen-bond acceptors (Lipinski definition) is 4. The molecule has 1 unspecified atom stereocenters. The van der Waals surface area contributed by atoms with E-state index in [2.05, 4.69) is 5.32 Å². The van der Waals surface area contributed by atoms with Crippen LogP contribution >= 0.6 is 0 Å². The second-order valence-corrected chi connectivity index (χ2v) is 7.51. The van der Waals surface area contributed by atoms with E-state index in [4.69, 9.17) is 0 Å². The topological polar surface area (TPSA) is 69.6 Å². The van der Waals surface area contributed by atoms with Gasteiger partial charge < -0.3 is 10.4 Å². The van der Waals surface area contributed by atoms with E-state index in [1.54, 1.807) is 6.07 Å². The number of hydrogen-bond donors (Lipinski definition) is 2. The molecule has 1 fully saturated rings. The van der Waals surface area contributed by atoms with E-state index < -0.39 is 15.8 Å². The van der Waals surface area contributed by atoms with Crippen molar-refractivity contribution < 1.29 is 17.9 Å². The molecule has 0 aromatic heterocycles. The molecule has 1 heterocycles. The summed E-state index contributed by atoms with van der Waals surface area (Å²) in [6, 6.07) is 4.09. The molecule has 0 spiro atoms. The molecule has 1 aliphatic rings. The zero-order valence-electron chi connectivity index (χ0n) is 12.2. The van der Waals surface area contributed by atoms with Gasteiger partial charge >= 0.3 is 0 Å². The van der Waals surface area contributed by atoms with Gasteiger partial charge in [-0.3, -0.25) is 0 Å². The third-order valence-electron chi connectivity index (χ3n) is 3.86. The normalized spacial score (nSPS) is 19.6. The smallest absolute Gasteiger partial charge is 0.211 e. The molecular weight excluding hydrogens is 295 g/mol. The number of sulfonamides is 1. The molecule has 1 aromatic rings. The van der Waals surface area contributed by atoms with Crippen LogP contribution in [0.25, 0.3) is 0 Å². The number of aromatic hydroxyl groups is 1. The fourth-order valence-electron chi connectivity index (χ4n) is 2.66. The standard InChI is InChI=1S/C14H21FN2O3S/c1-10(13-4-3-12(18)9-14(13)15)16-11-5-7-17(8-6-11)21(2,19)20/h3-4,9-11,16,18H,5-8H2,1-2H3. The summed E-state index contributed by atoms with van der Waals surface area (Å²) in [5.41, 5.74) is 0.498. The van der Waals surface area contributed by atoms with Gasteiger partial charge in [-0.25, -0.2) is 17.1 Å². The van der Waals surface area contributed by atoms with Crippen LogP contribution in [0.4, 0.5) is 4.39 Å². The zero-order chi connectivity index (χ0) is 15.6. The largest absolute Gasteiger partial charge is 0.508 e. The highest BCUT2D eigenvalue weighted by atomic mass is 32.2. The Morgan fingerprint density at radius 3 is 2.52 bits per heavy atom. The van der Waals surface area contributed by atoms with Crippen molar-refractivity contribution >= 4 is 10.0 Å². The molecule has 7 heteroatoms. The van der Waals surface area contributed by atoms with Crippen LogP contribution in [-0.4, -0.2) is 43.2 Å². The second kappa shape index (κ2) is 6.29. The number of nitrogens with zero attached hydrogens (tertiary/aromatic N) is 1. The minimum atomic E-state index is -3.12. The molecular formula is C14H21FN2O3S. The van der Waals surface area contributed by atoms with Crippen molar-refractivity contribution in [3.05, 3.63) is 29.6 Å². The number of phenols is 1. The van der Waals surface area contributed by atoms with E-state index in [0.29, 0.717) is 31.5 Å². The van der Waals surface area contributed by atoms with Crippen molar-refractivity contribution in [3.8, 4) is 5.75 Å². The van der Waals surface area contributed by atoms with Crippen molar-refractivity contribution in [1.29, 1.82) is 0 Å². The Morgan fingerprint density at radius 2 is 2.00 bits per heavy atom. The highest BCUT2D eigenvalue weighted by Crippen LogP contribution is 2.23. The minimum Gasteiger partial charge on any atom is -0.508 e. The van der Waals surface area contributed by atoms with E-state index in [1.807, 2.05) is 6.92 Å². The van der Waals surface area contributed by atoms with E-state index in [9.17, 15) is 17.9 Å². The van der Waals surface area contributed by atoms with Gasteiger partial charge in [0, 0.05) is 36.8 Å². The third kappa shape index (κ3) is 4.15. The highest BCUT2D eigenvalue weighted by molar-refractivity contribution is 7.88. The van der Waals surface area contributed by atoms with Crippen molar-refractivity contribution in [2.75, 3.05) is 19.3 Å². The number of phenolic OH excluding ortho intramolecular Hbond substituents is 1. The number of rotatable bonds is 4. The Balaban J connectivity index is 1.94.